The zero-order valence-corrected chi connectivity index (χ0v) is 14.7. The van der Waals surface area contributed by atoms with Crippen LogP contribution in [0.3, 0.4) is 0 Å². The molecule has 2 N–H and O–H groups in total. The number of rotatable bonds is 9. The van der Waals surface area contributed by atoms with Crippen LogP contribution in [0.2, 0.25) is 0 Å². The van der Waals surface area contributed by atoms with Gasteiger partial charge in [-0.1, -0.05) is 6.92 Å². The smallest absolute Gasteiger partial charge is 0.263 e. The first-order chi connectivity index (χ1) is 11.5. The van der Waals surface area contributed by atoms with E-state index in [1.54, 1.807) is 18.2 Å². The number of carbonyl (C=O) groups excluding carboxylic acids is 1. The van der Waals surface area contributed by atoms with Gasteiger partial charge in [-0.25, -0.2) is 0 Å². The Morgan fingerprint density at radius 2 is 1.92 bits per heavy atom. The molecule has 0 aliphatic heterocycles. The second-order valence-corrected chi connectivity index (χ2v) is 5.12. The summed E-state index contributed by atoms with van der Waals surface area (Å²) in [4.78, 5) is 12.0. The summed E-state index contributed by atoms with van der Waals surface area (Å²) in [6.45, 7) is 8.71. The molecule has 1 aromatic rings. The van der Waals surface area contributed by atoms with Gasteiger partial charge in [-0.3, -0.25) is 4.79 Å². The van der Waals surface area contributed by atoms with Crippen molar-refractivity contribution < 1.29 is 14.3 Å². The minimum Gasteiger partial charge on any atom is -0.490 e. The first-order valence-corrected chi connectivity index (χ1v) is 8.12. The summed E-state index contributed by atoms with van der Waals surface area (Å²) in [6, 6.07) is 7.28. The molecule has 0 saturated carbocycles. The standard InChI is InChI=1S/C18H25N3O3/c1-5-13(4)21-18(22)14(11-19)12-20-15-8-9-16(23-6-2)17(10-15)24-7-3/h8-10,12-13,20H,5-7H2,1-4H3,(H,21,22)/b14-12-. The second-order valence-electron chi connectivity index (χ2n) is 5.12. The van der Waals surface area contributed by atoms with Gasteiger partial charge in [0.2, 0.25) is 0 Å². The number of nitrogens with one attached hydrogen (secondary N) is 2. The molecule has 0 fully saturated rings. The molecular formula is C18H25N3O3. The van der Waals surface area contributed by atoms with Crippen molar-refractivity contribution in [2.75, 3.05) is 18.5 Å². The van der Waals surface area contributed by atoms with Crippen molar-refractivity contribution in [3.8, 4) is 17.6 Å². The van der Waals surface area contributed by atoms with Gasteiger partial charge in [-0.15, -0.1) is 0 Å². The Kier molecular flexibility index (Phi) is 8.20. The van der Waals surface area contributed by atoms with Crippen LogP contribution in [0.1, 0.15) is 34.1 Å². The van der Waals surface area contributed by atoms with Gasteiger partial charge in [0.15, 0.2) is 11.5 Å². The van der Waals surface area contributed by atoms with Gasteiger partial charge in [0.05, 0.1) is 13.2 Å². The molecule has 1 rings (SSSR count). The maximum absolute atomic E-state index is 12.0. The molecule has 0 saturated heterocycles. The van der Waals surface area contributed by atoms with Crippen molar-refractivity contribution in [1.29, 1.82) is 5.26 Å². The molecule has 6 heteroatoms. The van der Waals surface area contributed by atoms with Crippen LogP contribution in [0, 0.1) is 11.3 Å². The van der Waals surface area contributed by atoms with E-state index in [4.69, 9.17) is 14.7 Å². The fraction of sp³-hybridized carbons (Fsp3) is 0.444. The van der Waals surface area contributed by atoms with E-state index in [1.165, 1.54) is 6.20 Å². The largest absolute Gasteiger partial charge is 0.490 e. The topological polar surface area (TPSA) is 83.4 Å². The Labute approximate surface area is 143 Å². The monoisotopic (exact) mass is 331 g/mol. The highest BCUT2D eigenvalue weighted by Gasteiger charge is 2.11. The van der Waals surface area contributed by atoms with Crippen LogP contribution < -0.4 is 20.1 Å². The molecule has 24 heavy (non-hydrogen) atoms. The van der Waals surface area contributed by atoms with Crippen LogP contribution in [0.15, 0.2) is 30.0 Å². The van der Waals surface area contributed by atoms with E-state index in [-0.39, 0.29) is 11.6 Å². The summed E-state index contributed by atoms with van der Waals surface area (Å²) in [5.41, 5.74) is 0.716. The average molecular weight is 331 g/mol. The number of nitrogens with zero attached hydrogens (tertiary/aromatic N) is 1. The Morgan fingerprint density at radius 3 is 2.50 bits per heavy atom. The molecule has 1 atom stereocenters. The summed E-state index contributed by atoms with van der Waals surface area (Å²) in [7, 11) is 0. The summed E-state index contributed by atoms with van der Waals surface area (Å²) in [5, 5.41) is 14.9. The zero-order valence-electron chi connectivity index (χ0n) is 14.7. The molecule has 0 aromatic heterocycles. The van der Waals surface area contributed by atoms with Crippen molar-refractivity contribution in [1.82, 2.24) is 5.32 Å². The van der Waals surface area contributed by atoms with Gasteiger partial charge in [-0.2, -0.15) is 5.26 Å². The van der Waals surface area contributed by atoms with Gasteiger partial charge >= 0.3 is 0 Å². The van der Waals surface area contributed by atoms with Crippen molar-refractivity contribution in [2.45, 2.75) is 40.2 Å². The highest BCUT2D eigenvalue weighted by molar-refractivity contribution is 5.97. The summed E-state index contributed by atoms with van der Waals surface area (Å²) < 4.78 is 11.0. The number of ether oxygens (including phenoxy) is 2. The van der Waals surface area contributed by atoms with E-state index in [0.717, 1.165) is 6.42 Å². The van der Waals surface area contributed by atoms with Gasteiger partial charge in [0.1, 0.15) is 11.6 Å². The van der Waals surface area contributed by atoms with Crippen molar-refractivity contribution in [3.05, 3.63) is 30.0 Å². The molecule has 0 aliphatic carbocycles. The molecule has 130 valence electrons. The third-order valence-electron chi connectivity index (χ3n) is 3.28. The lowest BCUT2D eigenvalue weighted by atomic mass is 10.2. The maximum atomic E-state index is 12.0. The average Bonchev–Trinajstić information content (AvgIpc) is 2.57. The predicted octanol–water partition coefficient (Wildman–Crippen LogP) is 3.22. The van der Waals surface area contributed by atoms with E-state index in [0.29, 0.717) is 30.4 Å². The Morgan fingerprint density at radius 1 is 1.25 bits per heavy atom. The normalized spacial score (nSPS) is 12.0. The first kappa shape index (κ1) is 19.4. The lowest BCUT2D eigenvalue weighted by Crippen LogP contribution is -2.33. The quantitative estimate of drug-likeness (QED) is 0.536. The van der Waals surface area contributed by atoms with E-state index in [9.17, 15) is 4.79 Å². The lowest BCUT2D eigenvalue weighted by molar-refractivity contribution is -0.117. The van der Waals surface area contributed by atoms with Crippen LogP contribution in [-0.2, 0) is 4.79 Å². The number of anilines is 1. The Hall–Kier alpha value is -2.68. The molecule has 0 spiro atoms. The molecule has 1 unspecified atom stereocenters. The number of nitriles is 1. The lowest BCUT2D eigenvalue weighted by Gasteiger charge is -2.13. The van der Waals surface area contributed by atoms with E-state index in [2.05, 4.69) is 10.6 Å². The van der Waals surface area contributed by atoms with E-state index >= 15 is 0 Å². The summed E-state index contributed by atoms with van der Waals surface area (Å²) in [6.07, 6.45) is 2.19. The molecule has 6 nitrogen and oxygen atoms in total. The zero-order chi connectivity index (χ0) is 17.9. The van der Waals surface area contributed by atoms with Crippen LogP contribution in [0.4, 0.5) is 5.69 Å². The number of benzene rings is 1. The number of amides is 1. The molecule has 0 bridgehead atoms. The fourth-order valence-electron chi connectivity index (χ4n) is 1.85. The van der Waals surface area contributed by atoms with Crippen LogP contribution in [-0.4, -0.2) is 25.2 Å². The highest BCUT2D eigenvalue weighted by atomic mass is 16.5. The van der Waals surface area contributed by atoms with Crippen molar-refractivity contribution in [2.24, 2.45) is 0 Å². The molecule has 1 aromatic carbocycles. The van der Waals surface area contributed by atoms with Gasteiger partial charge in [0, 0.05) is 24.0 Å². The van der Waals surface area contributed by atoms with Gasteiger partial charge in [-0.05, 0) is 39.3 Å². The van der Waals surface area contributed by atoms with Crippen LogP contribution in [0.5, 0.6) is 11.5 Å². The summed E-state index contributed by atoms with van der Waals surface area (Å²) >= 11 is 0. The number of hydrogen-bond acceptors (Lipinski definition) is 5. The second kappa shape index (κ2) is 10.2. The third-order valence-corrected chi connectivity index (χ3v) is 3.28. The maximum Gasteiger partial charge on any atom is 0.263 e. The fourth-order valence-corrected chi connectivity index (χ4v) is 1.85. The Bertz CT molecular complexity index is 620. The van der Waals surface area contributed by atoms with Gasteiger partial charge < -0.3 is 20.1 Å². The van der Waals surface area contributed by atoms with Crippen molar-refractivity contribution in [3.63, 3.8) is 0 Å². The van der Waals surface area contributed by atoms with Gasteiger partial charge in [0.25, 0.3) is 5.91 Å². The molecule has 0 heterocycles. The number of carbonyl (C=O) groups is 1. The molecule has 1 amide bonds. The Balaban J connectivity index is 2.88. The molecule has 0 aliphatic rings. The SMILES string of the molecule is CCOc1ccc(N/C=C(/C#N)C(=O)NC(C)CC)cc1OCC. The minimum absolute atomic E-state index is 0.0159. The third kappa shape index (κ3) is 5.84. The van der Waals surface area contributed by atoms with E-state index < -0.39 is 5.91 Å². The molecular weight excluding hydrogens is 306 g/mol. The first-order valence-electron chi connectivity index (χ1n) is 8.12. The van der Waals surface area contributed by atoms with Crippen LogP contribution >= 0.6 is 0 Å². The number of hydrogen-bond donors (Lipinski definition) is 2. The van der Waals surface area contributed by atoms with Crippen LogP contribution in [0.25, 0.3) is 0 Å². The van der Waals surface area contributed by atoms with Crippen molar-refractivity contribution >= 4 is 11.6 Å². The molecule has 0 radical (unpaired) electrons. The minimum atomic E-state index is -0.393. The van der Waals surface area contributed by atoms with E-state index in [1.807, 2.05) is 33.8 Å². The predicted molar refractivity (Wildman–Crippen MR) is 94.0 cm³/mol. The summed E-state index contributed by atoms with van der Waals surface area (Å²) in [5.74, 6) is 0.875. The highest BCUT2D eigenvalue weighted by Crippen LogP contribution is 2.30.